The molecule has 4 nitrogen and oxygen atoms in total. The highest BCUT2D eigenvalue weighted by Gasteiger charge is 2.13. The minimum atomic E-state index is -0.122. The Morgan fingerprint density at radius 2 is 1.65 bits per heavy atom. The summed E-state index contributed by atoms with van der Waals surface area (Å²) < 4.78 is 0. The molecule has 1 heterocycles. The lowest BCUT2D eigenvalue weighted by Crippen LogP contribution is -2.26. The van der Waals surface area contributed by atoms with Crippen LogP contribution in [0.15, 0.2) is 66.9 Å². The molecule has 2 N–H and O–H groups in total. The first kappa shape index (κ1) is 17.7. The predicted octanol–water partition coefficient (Wildman–Crippen LogP) is 4.41. The number of carbonyl (C=O) groups is 1. The van der Waals surface area contributed by atoms with Crippen LogP contribution in [0.25, 0.3) is 0 Å². The van der Waals surface area contributed by atoms with Gasteiger partial charge in [0.25, 0.3) is 5.91 Å². The second kappa shape index (κ2) is 8.30. The molecule has 132 valence electrons. The van der Waals surface area contributed by atoms with Crippen molar-refractivity contribution in [1.29, 1.82) is 0 Å². The largest absolute Gasteiger partial charge is 0.352 e. The van der Waals surface area contributed by atoms with Crippen molar-refractivity contribution in [3.8, 4) is 0 Å². The fraction of sp³-hybridized carbons (Fsp3) is 0.182. The quantitative estimate of drug-likeness (QED) is 0.695. The summed E-state index contributed by atoms with van der Waals surface area (Å²) in [5, 5.41) is 6.31. The van der Waals surface area contributed by atoms with Crippen molar-refractivity contribution in [2.45, 2.75) is 20.3 Å². The zero-order chi connectivity index (χ0) is 18.4. The molecule has 3 rings (SSSR count). The van der Waals surface area contributed by atoms with Gasteiger partial charge in [0.1, 0.15) is 5.82 Å². The van der Waals surface area contributed by atoms with Gasteiger partial charge in [0.05, 0.1) is 5.56 Å². The van der Waals surface area contributed by atoms with E-state index >= 15 is 0 Å². The van der Waals surface area contributed by atoms with Crippen LogP contribution < -0.4 is 10.6 Å². The molecule has 0 aliphatic heterocycles. The van der Waals surface area contributed by atoms with Gasteiger partial charge in [0.15, 0.2) is 0 Å². The molecule has 1 amide bonds. The number of anilines is 2. The summed E-state index contributed by atoms with van der Waals surface area (Å²) in [5.74, 6) is 0.449. The number of nitrogens with one attached hydrogen (secondary N) is 2. The topological polar surface area (TPSA) is 54.0 Å². The van der Waals surface area contributed by atoms with E-state index in [1.54, 1.807) is 18.3 Å². The molecule has 0 saturated carbocycles. The Bertz CT molecular complexity index is 871. The van der Waals surface area contributed by atoms with Crippen LogP contribution in [0.5, 0.6) is 0 Å². The first-order valence-corrected chi connectivity index (χ1v) is 8.75. The average molecular weight is 345 g/mol. The second-order valence-electron chi connectivity index (χ2n) is 6.28. The molecule has 3 aromatic rings. The molecule has 1 aromatic heterocycles. The van der Waals surface area contributed by atoms with Crippen molar-refractivity contribution in [1.82, 2.24) is 10.3 Å². The van der Waals surface area contributed by atoms with Crippen molar-refractivity contribution in [2.24, 2.45) is 0 Å². The molecule has 0 saturated heterocycles. The molecule has 26 heavy (non-hydrogen) atoms. The number of rotatable bonds is 6. The number of carbonyl (C=O) groups excluding carboxylic acids is 1. The third kappa shape index (κ3) is 4.28. The van der Waals surface area contributed by atoms with Crippen LogP contribution in [-0.2, 0) is 6.42 Å². The summed E-state index contributed by atoms with van der Waals surface area (Å²) in [6, 6.07) is 19.8. The third-order valence-corrected chi connectivity index (χ3v) is 4.32. The Hall–Kier alpha value is -3.14. The normalized spacial score (nSPS) is 10.4. The van der Waals surface area contributed by atoms with E-state index in [1.807, 2.05) is 50.2 Å². The minimum absolute atomic E-state index is 0.122. The summed E-state index contributed by atoms with van der Waals surface area (Å²) in [4.78, 5) is 17.0. The SMILES string of the molecule is Cc1cccc(C)c1Nc1ncccc1C(=O)NCCc1ccccc1. The molecule has 0 aliphatic carbocycles. The van der Waals surface area contributed by atoms with Crippen LogP contribution >= 0.6 is 0 Å². The first-order chi connectivity index (χ1) is 12.6. The van der Waals surface area contributed by atoms with Gasteiger partial charge in [0, 0.05) is 18.4 Å². The first-order valence-electron chi connectivity index (χ1n) is 8.75. The fourth-order valence-electron chi connectivity index (χ4n) is 2.88. The highest BCUT2D eigenvalue weighted by molar-refractivity contribution is 5.99. The number of benzene rings is 2. The van der Waals surface area contributed by atoms with Crippen LogP contribution in [0.4, 0.5) is 11.5 Å². The number of hydrogen-bond acceptors (Lipinski definition) is 3. The molecule has 0 spiro atoms. The van der Waals surface area contributed by atoms with E-state index in [2.05, 4.69) is 27.8 Å². The Morgan fingerprint density at radius 3 is 2.38 bits per heavy atom. The van der Waals surface area contributed by atoms with Crippen molar-refractivity contribution in [3.63, 3.8) is 0 Å². The monoisotopic (exact) mass is 345 g/mol. The summed E-state index contributed by atoms with van der Waals surface area (Å²) in [7, 11) is 0. The second-order valence-corrected chi connectivity index (χ2v) is 6.28. The maximum Gasteiger partial charge on any atom is 0.255 e. The van der Waals surface area contributed by atoms with Crippen LogP contribution in [0.1, 0.15) is 27.0 Å². The van der Waals surface area contributed by atoms with E-state index in [0.717, 1.165) is 23.2 Å². The van der Waals surface area contributed by atoms with Crippen molar-refractivity contribution in [3.05, 3.63) is 89.1 Å². The number of hydrogen-bond donors (Lipinski definition) is 2. The number of nitrogens with zero attached hydrogens (tertiary/aromatic N) is 1. The molecular formula is C22H23N3O. The summed E-state index contributed by atoms with van der Waals surface area (Å²) >= 11 is 0. The summed E-state index contributed by atoms with van der Waals surface area (Å²) in [6.45, 7) is 4.66. The zero-order valence-electron chi connectivity index (χ0n) is 15.1. The van der Waals surface area contributed by atoms with Crippen LogP contribution in [-0.4, -0.2) is 17.4 Å². The van der Waals surface area contributed by atoms with E-state index in [1.165, 1.54) is 5.56 Å². The average Bonchev–Trinajstić information content (AvgIpc) is 2.66. The van der Waals surface area contributed by atoms with E-state index < -0.39 is 0 Å². The fourth-order valence-corrected chi connectivity index (χ4v) is 2.88. The third-order valence-electron chi connectivity index (χ3n) is 4.32. The molecular weight excluding hydrogens is 322 g/mol. The van der Waals surface area contributed by atoms with Gasteiger partial charge >= 0.3 is 0 Å². The lowest BCUT2D eigenvalue weighted by molar-refractivity contribution is 0.0954. The Balaban J connectivity index is 1.71. The molecule has 0 radical (unpaired) electrons. The van der Waals surface area contributed by atoms with E-state index in [0.29, 0.717) is 17.9 Å². The van der Waals surface area contributed by atoms with Crippen molar-refractivity contribution >= 4 is 17.4 Å². The summed E-state index contributed by atoms with van der Waals surface area (Å²) in [6.07, 6.45) is 2.49. The Morgan fingerprint density at radius 1 is 0.923 bits per heavy atom. The van der Waals surface area contributed by atoms with Crippen LogP contribution in [0, 0.1) is 13.8 Å². The maximum atomic E-state index is 12.6. The highest BCUT2D eigenvalue weighted by Crippen LogP contribution is 2.25. The van der Waals surface area contributed by atoms with E-state index in [-0.39, 0.29) is 5.91 Å². The molecule has 0 bridgehead atoms. The molecule has 0 fully saturated rings. The van der Waals surface area contributed by atoms with E-state index in [9.17, 15) is 4.79 Å². The van der Waals surface area contributed by atoms with Crippen molar-refractivity contribution in [2.75, 3.05) is 11.9 Å². The van der Waals surface area contributed by atoms with E-state index in [4.69, 9.17) is 0 Å². The van der Waals surface area contributed by atoms with Crippen molar-refractivity contribution < 1.29 is 4.79 Å². The maximum absolute atomic E-state index is 12.6. The van der Waals surface area contributed by atoms with Gasteiger partial charge < -0.3 is 10.6 Å². The van der Waals surface area contributed by atoms with Gasteiger partial charge in [-0.05, 0) is 49.1 Å². The number of aromatic nitrogens is 1. The zero-order valence-corrected chi connectivity index (χ0v) is 15.1. The number of para-hydroxylation sites is 1. The van der Waals surface area contributed by atoms with Gasteiger partial charge in [-0.1, -0.05) is 48.5 Å². The summed E-state index contributed by atoms with van der Waals surface area (Å²) in [5.41, 5.74) is 4.97. The number of amides is 1. The van der Waals surface area contributed by atoms with Crippen LogP contribution in [0.2, 0.25) is 0 Å². The minimum Gasteiger partial charge on any atom is -0.352 e. The Kier molecular flexibility index (Phi) is 5.64. The smallest absolute Gasteiger partial charge is 0.255 e. The van der Waals surface area contributed by atoms with Gasteiger partial charge in [-0.3, -0.25) is 4.79 Å². The van der Waals surface area contributed by atoms with Gasteiger partial charge in [-0.25, -0.2) is 4.98 Å². The molecule has 0 unspecified atom stereocenters. The Labute approximate surface area is 154 Å². The lowest BCUT2D eigenvalue weighted by atomic mass is 10.1. The standard InChI is InChI=1S/C22H23N3O/c1-16-8-6-9-17(2)20(16)25-21-19(12-7-14-23-21)22(26)24-15-13-18-10-4-3-5-11-18/h3-12,14H,13,15H2,1-2H3,(H,23,25)(H,24,26). The highest BCUT2D eigenvalue weighted by atomic mass is 16.1. The molecule has 0 atom stereocenters. The number of pyridine rings is 1. The molecule has 4 heteroatoms. The van der Waals surface area contributed by atoms with Gasteiger partial charge in [0.2, 0.25) is 0 Å². The molecule has 0 aliphatic rings. The van der Waals surface area contributed by atoms with Crippen LogP contribution in [0.3, 0.4) is 0 Å². The number of aryl methyl sites for hydroxylation is 2. The van der Waals surface area contributed by atoms with Gasteiger partial charge in [-0.2, -0.15) is 0 Å². The predicted molar refractivity (Wildman–Crippen MR) is 106 cm³/mol. The molecule has 2 aromatic carbocycles. The van der Waals surface area contributed by atoms with Gasteiger partial charge in [-0.15, -0.1) is 0 Å². The lowest BCUT2D eigenvalue weighted by Gasteiger charge is -2.15.